The van der Waals surface area contributed by atoms with Crippen LogP contribution in [0.25, 0.3) is 0 Å². The van der Waals surface area contributed by atoms with Crippen molar-refractivity contribution in [3.8, 4) is 6.07 Å². The minimum Gasteiger partial charge on any atom is -0.398 e. The molecule has 1 aromatic rings. The van der Waals surface area contributed by atoms with E-state index in [9.17, 15) is 0 Å². The van der Waals surface area contributed by atoms with Gasteiger partial charge in [0.25, 0.3) is 0 Å². The summed E-state index contributed by atoms with van der Waals surface area (Å²) >= 11 is 0. The number of hydrogen-bond acceptors (Lipinski definition) is 3. The van der Waals surface area contributed by atoms with E-state index in [0.29, 0.717) is 12.1 Å². The quantitative estimate of drug-likeness (QED) is 0.810. The predicted molar refractivity (Wildman–Crippen MR) is 79.8 cm³/mol. The number of hydrogen-bond donors (Lipinski definition) is 2. The highest BCUT2D eigenvalue weighted by Crippen LogP contribution is 2.29. The van der Waals surface area contributed by atoms with Crippen molar-refractivity contribution in [2.24, 2.45) is 11.8 Å². The van der Waals surface area contributed by atoms with E-state index in [1.807, 2.05) is 18.2 Å². The van der Waals surface area contributed by atoms with Gasteiger partial charge in [0.1, 0.15) is 0 Å². The summed E-state index contributed by atoms with van der Waals surface area (Å²) in [7, 11) is 0. The lowest BCUT2D eigenvalue weighted by molar-refractivity contribution is 0.293. The Bertz CT molecular complexity index is 462. The summed E-state index contributed by atoms with van der Waals surface area (Å²) in [4.78, 5) is 0. The van der Waals surface area contributed by atoms with Crippen LogP contribution < -0.4 is 11.1 Å². The second-order valence-electron chi connectivity index (χ2n) is 5.77. The van der Waals surface area contributed by atoms with Crippen molar-refractivity contribution >= 4 is 11.4 Å². The molecule has 0 aromatic heterocycles. The number of rotatable bonds is 4. The van der Waals surface area contributed by atoms with Crippen molar-refractivity contribution in [3.05, 3.63) is 23.8 Å². The summed E-state index contributed by atoms with van der Waals surface area (Å²) in [6.45, 7) is 3.38. The van der Waals surface area contributed by atoms with E-state index >= 15 is 0 Å². The van der Waals surface area contributed by atoms with Crippen molar-refractivity contribution in [2.45, 2.75) is 39.0 Å². The van der Waals surface area contributed by atoms with Gasteiger partial charge < -0.3 is 11.1 Å². The minimum atomic E-state index is 0.377. The molecule has 0 spiro atoms. The number of nitrogens with one attached hydrogen (secondary N) is 1. The van der Waals surface area contributed by atoms with Gasteiger partial charge >= 0.3 is 0 Å². The molecule has 2 rings (SSSR count). The van der Waals surface area contributed by atoms with Crippen LogP contribution in [-0.2, 0) is 6.42 Å². The van der Waals surface area contributed by atoms with Gasteiger partial charge in [-0.05, 0) is 48.4 Å². The van der Waals surface area contributed by atoms with Crippen molar-refractivity contribution in [1.82, 2.24) is 0 Å². The second kappa shape index (κ2) is 6.47. The van der Waals surface area contributed by atoms with Crippen LogP contribution in [-0.4, -0.2) is 6.54 Å². The SMILES string of the molecule is CC1CCCC(CNc2ccc(N)c(CC#N)c2)C1. The maximum Gasteiger partial charge on any atom is 0.0670 e. The standard InChI is InChI=1S/C16H23N3/c1-12-3-2-4-13(9-12)11-19-15-5-6-16(18)14(10-15)7-8-17/h5-6,10,12-13,19H,2-4,7,9,11,18H2,1H3. The average molecular weight is 257 g/mol. The molecule has 2 atom stereocenters. The van der Waals surface area contributed by atoms with Gasteiger partial charge in [-0.25, -0.2) is 0 Å². The van der Waals surface area contributed by atoms with Crippen molar-refractivity contribution < 1.29 is 0 Å². The molecule has 0 radical (unpaired) electrons. The second-order valence-corrected chi connectivity index (χ2v) is 5.77. The molecule has 0 amide bonds. The van der Waals surface area contributed by atoms with Gasteiger partial charge in [0.15, 0.2) is 0 Å². The highest BCUT2D eigenvalue weighted by atomic mass is 14.9. The summed E-state index contributed by atoms with van der Waals surface area (Å²) in [5.74, 6) is 1.64. The van der Waals surface area contributed by atoms with Crippen LogP contribution in [0.15, 0.2) is 18.2 Å². The zero-order valence-corrected chi connectivity index (χ0v) is 11.7. The number of nitrogens with zero attached hydrogens (tertiary/aromatic N) is 1. The smallest absolute Gasteiger partial charge is 0.0670 e. The molecular weight excluding hydrogens is 234 g/mol. The maximum atomic E-state index is 8.77. The van der Waals surface area contributed by atoms with Crippen LogP contribution in [0, 0.1) is 23.2 Å². The first-order chi connectivity index (χ1) is 9.19. The topological polar surface area (TPSA) is 61.8 Å². The zero-order valence-electron chi connectivity index (χ0n) is 11.7. The van der Waals surface area contributed by atoms with Crippen LogP contribution in [0.2, 0.25) is 0 Å². The molecule has 1 fully saturated rings. The van der Waals surface area contributed by atoms with E-state index < -0.39 is 0 Å². The first-order valence-corrected chi connectivity index (χ1v) is 7.18. The average Bonchev–Trinajstić information content (AvgIpc) is 2.40. The molecule has 102 valence electrons. The molecular formula is C16H23N3. The Morgan fingerprint density at radius 2 is 2.26 bits per heavy atom. The molecule has 0 heterocycles. The molecule has 0 saturated heterocycles. The van der Waals surface area contributed by atoms with Crippen LogP contribution in [0.5, 0.6) is 0 Å². The van der Waals surface area contributed by atoms with Crippen molar-refractivity contribution in [3.63, 3.8) is 0 Å². The highest BCUT2D eigenvalue weighted by Gasteiger charge is 2.18. The molecule has 3 N–H and O–H groups in total. The third kappa shape index (κ3) is 3.89. The van der Waals surface area contributed by atoms with Crippen molar-refractivity contribution in [1.29, 1.82) is 5.26 Å². The van der Waals surface area contributed by atoms with E-state index in [0.717, 1.165) is 29.6 Å². The lowest BCUT2D eigenvalue weighted by Gasteiger charge is -2.27. The Kier molecular flexibility index (Phi) is 4.68. The van der Waals surface area contributed by atoms with E-state index in [2.05, 4.69) is 18.3 Å². The molecule has 1 aliphatic rings. The van der Waals surface area contributed by atoms with Crippen LogP contribution >= 0.6 is 0 Å². The van der Waals surface area contributed by atoms with E-state index in [1.165, 1.54) is 25.7 Å². The van der Waals surface area contributed by atoms with Crippen molar-refractivity contribution in [2.75, 3.05) is 17.6 Å². The van der Waals surface area contributed by atoms with E-state index in [1.54, 1.807) is 0 Å². The third-order valence-electron chi connectivity index (χ3n) is 4.05. The highest BCUT2D eigenvalue weighted by molar-refractivity contribution is 5.58. The molecule has 2 unspecified atom stereocenters. The number of nitrogens with two attached hydrogens (primary N) is 1. The summed E-state index contributed by atoms with van der Waals surface area (Å²) in [5.41, 5.74) is 8.56. The fourth-order valence-electron chi connectivity index (χ4n) is 2.96. The maximum absolute atomic E-state index is 8.77. The Morgan fingerprint density at radius 1 is 1.42 bits per heavy atom. The van der Waals surface area contributed by atoms with E-state index in [-0.39, 0.29) is 0 Å². The van der Waals surface area contributed by atoms with Crippen LogP contribution in [0.3, 0.4) is 0 Å². The molecule has 1 saturated carbocycles. The molecule has 3 nitrogen and oxygen atoms in total. The number of benzene rings is 1. The number of anilines is 2. The van der Waals surface area contributed by atoms with Gasteiger partial charge in [0.2, 0.25) is 0 Å². The predicted octanol–water partition coefficient (Wildman–Crippen LogP) is 3.57. The first kappa shape index (κ1) is 13.7. The molecule has 1 aromatic carbocycles. The fourth-order valence-corrected chi connectivity index (χ4v) is 2.96. The normalized spacial score (nSPS) is 22.7. The fraction of sp³-hybridized carbons (Fsp3) is 0.562. The third-order valence-corrected chi connectivity index (χ3v) is 4.05. The molecule has 1 aliphatic carbocycles. The van der Waals surface area contributed by atoms with Gasteiger partial charge in [-0.3, -0.25) is 0 Å². The Balaban J connectivity index is 1.92. The van der Waals surface area contributed by atoms with Gasteiger partial charge in [-0.1, -0.05) is 19.8 Å². The largest absolute Gasteiger partial charge is 0.398 e. The molecule has 3 heteroatoms. The molecule has 0 aliphatic heterocycles. The molecule has 0 bridgehead atoms. The summed E-state index contributed by atoms with van der Waals surface area (Å²) in [6, 6.07) is 8.05. The lowest BCUT2D eigenvalue weighted by atomic mass is 9.82. The summed E-state index contributed by atoms with van der Waals surface area (Å²) in [5, 5.41) is 12.3. The van der Waals surface area contributed by atoms with Gasteiger partial charge in [0.05, 0.1) is 12.5 Å². The molecule has 19 heavy (non-hydrogen) atoms. The summed E-state index contributed by atoms with van der Waals surface area (Å²) < 4.78 is 0. The zero-order chi connectivity index (χ0) is 13.7. The van der Waals surface area contributed by atoms with Gasteiger partial charge in [-0.2, -0.15) is 5.26 Å². The van der Waals surface area contributed by atoms with Gasteiger partial charge in [-0.15, -0.1) is 0 Å². The monoisotopic (exact) mass is 257 g/mol. The van der Waals surface area contributed by atoms with Crippen LogP contribution in [0.1, 0.15) is 38.2 Å². The Labute approximate surface area is 115 Å². The number of nitrogen functional groups attached to an aromatic ring is 1. The Morgan fingerprint density at radius 3 is 3.00 bits per heavy atom. The Hall–Kier alpha value is -1.69. The summed E-state index contributed by atoms with van der Waals surface area (Å²) in [6.07, 6.45) is 5.77. The minimum absolute atomic E-state index is 0.377. The lowest BCUT2D eigenvalue weighted by Crippen LogP contribution is -2.21. The van der Waals surface area contributed by atoms with Gasteiger partial charge in [0, 0.05) is 17.9 Å². The van der Waals surface area contributed by atoms with Crippen LogP contribution in [0.4, 0.5) is 11.4 Å². The number of nitriles is 1. The first-order valence-electron chi connectivity index (χ1n) is 7.18. The van der Waals surface area contributed by atoms with E-state index in [4.69, 9.17) is 11.0 Å².